The third-order valence-corrected chi connectivity index (χ3v) is 7.06. The Kier molecular flexibility index (Phi) is 5.41. The summed E-state index contributed by atoms with van der Waals surface area (Å²) in [5.74, 6) is -25.1. The number of carbonyl (C=O) groups excluding carboxylic acids is 3. The minimum absolute atomic E-state index is 0.0513. The van der Waals surface area contributed by atoms with Gasteiger partial charge in [0, 0.05) is 17.3 Å². The lowest BCUT2D eigenvalue weighted by Gasteiger charge is -2.39. The fourth-order valence-electron chi connectivity index (χ4n) is 5.25. The number of urea groups is 1. The first-order valence-electron chi connectivity index (χ1n) is 10.9. The predicted octanol–water partition coefficient (Wildman–Crippen LogP) is 3.69. The van der Waals surface area contributed by atoms with Crippen LogP contribution in [-0.4, -0.2) is 81.2 Å². The number of piperazine rings is 1. The van der Waals surface area contributed by atoms with Crippen LogP contribution in [0.3, 0.4) is 0 Å². The second-order valence-corrected chi connectivity index (χ2v) is 9.09. The lowest BCUT2D eigenvalue weighted by Crippen LogP contribution is -2.67. The Morgan fingerprint density at radius 3 is 2.18 bits per heavy atom. The molecule has 3 aliphatic rings. The summed E-state index contributed by atoms with van der Waals surface area (Å²) in [7, 11) is 0. The Bertz CT molecular complexity index is 1470. The number of benzene rings is 1. The number of amides is 4. The average Bonchev–Trinajstić information content (AvgIpc) is 3.53. The SMILES string of the molecule is N#Cc1ncc(N2C(=O)[C@@H]3C4C[C@H](CN4C(=O)C(F)(F)C(F)(F)C(F)(F)C(F)(F)F)N3C2=O)c2ccccc12. The first kappa shape index (κ1) is 26.5. The Labute approximate surface area is 211 Å². The van der Waals surface area contributed by atoms with Crippen molar-refractivity contribution >= 4 is 34.3 Å². The second-order valence-electron chi connectivity index (χ2n) is 9.09. The quantitative estimate of drug-likeness (QED) is 0.416. The summed E-state index contributed by atoms with van der Waals surface area (Å²) in [5, 5.41) is 9.74. The van der Waals surface area contributed by atoms with Crippen molar-refractivity contribution in [3.05, 3.63) is 36.2 Å². The summed E-state index contributed by atoms with van der Waals surface area (Å²) < 4.78 is 121. The predicted molar refractivity (Wildman–Crippen MR) is 110 cm³/mol. The number of nitriles is 1. The number of carbonyl (C=O) groups is 3. The van der Waals surface area contributed by atoms with Gasteiger partial charge in [-0.15, -0.1) is 0 Å². The van der Waals surface area contributed by atoms with Crippen LogP contribution in [0.1, 0.15) is 12.1 Å². The second kappa shape index (κ2) is 7.96. The van der Waals surface area contributed by atoms with Gasteiger partial charge in [0.1, 0.15) is 17.8 Å². The van der Waals surface area contributed by atoms with Gasteiger partial charge in [0.25, 0.3) is 11.8 Å². The highest BCUT2D eigenvalue weighted by Crippen LogP contribution is 2.54. The van der Waals surface area contributed by atoms with Crippen molar-refractivity contribution in [1.29, 1.82) is 5.26 Å². The van der Waals surface area contributed by atoms with E-state index in [1.807, 2.05) is 6.07 Å². The number of fused-ring (bicyclic) bond motifs is 6. The van der Waals surface area contributed by atoms with Gasteiger partial charge in [-0.25, -0.2) is 14.7 Å². The number of halogens is 9. The van der Waals surface area contributed by atoms with E-state index >= 15 is 0 Å². The molecule has 3 aliphatic heterocycles. The average molecular weight is 565 g/mol. The molecular weight excluding hydrogens is 553 g/mol. The molecule has 1 unspecified atom stereocenters. The van der Waals surface area contributed by atoms with Gasteiger partial charge in [-0.3, -0.25) is 9.59 Å². The van der Waals surface area contributed by atoms with Crippen LogP contribution in [0.4, 0.5) is 50.0 Å². The molecule has 3 atom stereocenters. The van der Waals surface area contributed by atoms with E-state index < -0.39 is 66.5 Å². The summed E-state index contributed by atoms with van der Waals surface area (Å²) in [6.07, 6.45) is -6.46. The molecule has 4 amide bonds. The Balaban J connectivity index is 1.48. The van der Waals surface area contributed by atoms with E-state index in [0.29, 0.717) is 4.90 Å². The standard InChI is InChI=1S/C22H12F9N5O3/c23-19(24,20(25,26)21(27,28)22(29,30)31)17(38)34-8-9-5-13(34)15-16(37)36(18(39)35(9)15)14-7-33-12(6-32)10-3-1-2-4-11(10)14/h1-4,7,9,13,15H,5,8H2/t9-,13?,15+/m1/s1. The molecule has 0 radical (unpaired) electrons. The van der Waals surface area contributed by atoms with E-state index in [0.717, 1.165) is 11.1 Å². The van der Waals surface area contributed by atoms with Crippen molar-refractivity contribution in [3.63, 3.8) is 0 Å². The molecule has 3 saturated heterocycles. The molecule has 39 heavy (non-hydrogen) atoms. The van der Waals surface area contributed by atoms with Gasteiger partial charge in [0.05, 0.1) is 24.0 Å². The van der Waals surface area contributed by atoms with E-state index in [2.05, 4.69) is 4.98 Å². The summed E-state index contributed by atoms with van der Waals surface area (Å²) in [6.45, 7) is -0.914. The van der Waals surface area contributed by atoms with Crippen molar-refractivity contribution < 1.29 is 53.9 Å². The minimum atomic E-state index is -7.26. The van der Waals surface area contributed by atoms with Gasteiger partial charge in [-0.05, 0) is 6.42 Å². The summed E-state index contributed by atoms with van der Waals surface area (Å²) in [4.78, 5) is 44.2. The number of pyridine rings is 1. The zero-order chi connectivity index (χ0) is 28.9. The highest BCUT2D eigenvalue weighted by Gasteiger charge is 2.84. The molecule has 8 nitrogen and oxygen atoms in total. The molecule has 1 aromatic carbocycles. The Morgan fingerprint density at radius 1 is 0.974 bits per heavy atom. The van der Waals surface area contributed by atoms with E-state index in [1.54, 1.807) is 6.07 Å². The number of aromatic nitrogens is 1. The molecule has 5 rings (SSSR count). The lowest BCUT2D eigenvalue weighted by molar-refractivity contribution is -0.389. The smallest absolute Gasteiger partial charge is 0.330 e. The van der Waals surface area contributed by atoms with Crippen LogP contribution in [0.25, 0.3) is 10.8 Å². The van der Waals surface area contributed by atoms with E-state index in [-0.39, 0.29) is 33.5 Å². The van der Waals surface area contributed by atoms with Crippen LogP contribution >= 0.6 is 0 Å². The first-order chi connectivity index (χ1) is 18.0. The van der Waals surface area contributed by atoms with Crippen molar-refractivity contribution in [3.8, 4) is 6.07 Å². The first-order valence-corrected chi connectivity index (χ1v) is 10.9. The molecule has 3 fully saturated rings. The zero-order valence-electron chi connectivity index (χ0n) is 18.9. The van der Waals surface area contributed by atoms with Crippen LogP contribution in [0.15, 0.2) is 30.5 Å². The highest BCUT2D eigenvalue weighted by molar-refractivity contribution is 6.25. The van der Waals surface area contributed by atoms with E-state index in [1.165, 1.54) is 18.2 Å². The minimum Gasteiger partial charge on any atom is -0.330 e. The molecule has 17 heteroatoms. The van der Waals surface area contributed by atoms with Crippen LogP contribution in [0, 0.1) is 11.3 Å². The fourth-order valence-corrected chi connectivity index (χ4v) is 5.25. The highest BCUT2D eigenvalue weighted by atomic mass is 19.4. The van der Waals surface area contributed by atoms with Crippen LogP contribution in [0.2, 0.25) is 0 Å². The maximum Gasteiger partial charge on any atom is 0.460 e. The molecule has 2 aromatic rings. The Hall–Kier alpha value is -4.10. The van der Waals surface area contributed by atoms with Crippen LogP contribution in [-0.2, 0) is 9.59 Å². The molecule has 0 aliphatic carbocycles. The van der Waals surface area contributed by atoms with Crippen molar-refractivity contribution in [2.45, 2.75) is 48.5 Å². The molecule has 4 heterocycles. The van der Waals surface area contributed by atoms with Gasteiger partial charge in [-0.1, -0.05) is 24.3 Å². The van der Waals surface area contributed by atoms with Crippen molar-refractivity contribution in [2.24, 2.45) is 0 Å². The third-order valence-electron chi connectivity index (χ3n) is 7.06. The Morgan fingerprint density at radius 2 is 1.59 bits per heavy atom. The van der Waals surface area contributed by atoms with Gasteiger partial charge in [0.15, 0.2) is 0 Å². The van der Waals surface area contributed by atoms with Gasteiger partial charge < -0.3 is 9.80 Å². The largest absolute Gasteiger partial charge is 0.460 e. The molecule has 0 saturated carbocycles. The van der Waals surface area contributed by atoms with Gasteiger partial charge in [-0.2, -0.15) is 44.8 Å². The van der Waals surface area contributed by atoms with Gasteiger partial charge >= 0.3 is 30.0 Å². The summed E-state index contributed by atoms with van der Waals surface area (Å²) in [6, 6.07) is 2.21. The molecule has 206 valence electrons. The topological polar surface area (TPSA) is 97.6 Å². The van der Waals surface area contributed by atoms with Crippen molar-refractivity contribution in [1.82, 2.24) is 14.8 Å². The number of likely N-dealkylation sites (tertiary alicyclic amines) is 1. The van der Waals surface area contributed by atoms with Crippen LogP contribution in [0.5, 0.6) is 0 Å². The number of nitrogens with zero attached hydrogens (tertiary/aromatic N) is 5. The van der Waals surface area contributed by atoms with E-state index in [4.69, 9.17) is 0 Å². The molecule has 1 aromatic heterocycles. The number of anilines is 1. The number of hydrogen-bond acceptors (Lipinski definition) is 5. The maximum atomic E-state index is 14.4. The lowest BCUT2D eigenvalue weighted by atomic mass is 10.0. The normalized spacial score (nSPS) is 23.6. The zero-order valence-corrected chi connectivity index (χ0v) is 18.9. The van der Waals surface area contributed by atoms with Gasteiger partial charge in [0.2, 0.25) is 0 Å². The molecule has 2 bridgehead atoms. The summed E-state index contributed by atoms with van der Waals surface area (Å²) in [5.41, 5.74) is -0.169. The number of rotatable bonds is 4. The monoisotopic (exact) mass is 565 g/mol. The number of alkyl halides is 9. The molecule has 0 N–H and O–H groups in total. The van der Waals surface area contributed by atoms with Crippen LogP contribution < -0.4 is 4.90 Å². The number of imide groups is 1. The maximum absolute atomic E-state index is 14.4. The molecule has 0 spiro atoms. The number of hydrogen-bond donors (Lipinski definition) is 0. The summed E-state index contributed by atoms with van der Waals surface area (Å²) >= 11 is 0. The molecular formula is C22H12F9N5O3. The third kappa shape index (κ3) is 3.26. The van der Waals surface area contributed by atoms with E-state index in [9.17, 15) is 59.2 Å². The fraction of sp³-hybridized carbons (Fsp3) is 0.409. The van der Waals surface area contributed by atoms with Crippen molar-refractivity contribution in [2.75, 3.05) is 11.4 Å².